The van der Waals surface area contributed by atoms with Gasteiger partial charge in [0, 0.05) is 50.2 Å². The van der Waals surface area contributed by atoms with Crippen LogP contribution in [-0.4, -0.2) is 52.4 Å². The lowest BCUT2D eigenvalue weighted by Gasteiger charge is -2.35. The van der Waals surface area contributed by atoms with Crippen molar-refractivity contribution >= 4 is 11.8 Å². The number of piperazine rings is 1. The lowest BCUT2D eigenvalue weighted by Crippen LogP contribution is -2.51. The Hall–Kier alpha value is -2.56. The first-order valence-electron chi connectivity index (χ1n) is 9.12. The summed E-state index contributed by atoms with van der Waals surface area (Å²) in [6, 6.07) is 9.74. The third-order valence-electron chi connectivity index (χ3n) is 5.44. The molecule has 1 aromatic heterocycles. The van der Waals surface area contributed by atoms with Gasteiger partial charge in [-0.15, -0.1) is 0 Å². The van der Waals surface area contributed by atoms with Gasteiger partial charge in [-0.1, -0.05) is 17.7 Å². The molecule has 0 spiro atoms. The number of benzene rings is 1. The highest BCUT2D eigenvalue weighted by atomic mass is 16.2. The summed E-state index contributed by atoms with van der Waals surface area (Å²) in [5.74, 6) is 0.188. The zero-order chi connectivity index (χ0) is 18.8. The average molecular weight is 353 g/mol. The van der Waals surface area contributed by atoms with Gasteiger partial charge >= 0.3 is 0 Å². The average Bonchev–Trinajstić information content (AvgIpc) is 2.88. The number of carbonyl (C=O) groups is 2. The Bertz CT molecular complexity index is 813. The van der Waals surface area contributed by atoms with Crippen molar-refractivity contribution in [3.05, 3.63) is 58.4 Å². The quantitative estimate of drug-likeness (QED) is 0.851. The lowest BCUT2D eigenvalue weighted by molar-refractivity contribution is -0.131. The Morgan fingerprint density at radius 1 is 0.923 bits per heavy atom. The summed E-state index contributed by atoms with van der Waals surface area (Å²) < 4.78 is 2.11. The molecule has 0 bridgehead atoms. The Morgan fingerprint density at radius 2 is 1.50 bits per heavy atom. The molecule has 1 aliphatic heterocycles. The van der Waals surface area contributed by atoms with Crippen LogP contribution in [0, 0.1) is 20.8 Å². The second-order valence-corrected chi connectivity index (χ2v) is 7.17. The van der Waals surface area contributed by atoms with Crippen molar-refractivity contribution in [1.82, 2.24) is 14.4 Å². The minimum Gasteiger partial charge on any atom is -0.352 e. The smallest absolute Gasteiger partial charge is 0.253 e. The minimum absolute atomic E-state index is 0.0478. The largest absolute Gasteiger partial charge is 0.352 e. The zero-order valence-electron chi connectivity index (χ0n) is 16.1. The Kier molecular flexibility index (Phi) is 5.16. The SMILES string of the molecule is Cc1ccc(C(=O)N2CCN(C(=O)Cc3cc(C)n(C)c3C)CC2)cc1. The van der Waals surface area contributed by atoms with Crippen LogP contribution in [0.1, 0.15) is 32.9 Å². The van der Waals surface area contributed by atoms with E-state index in [1.165, 1.54) is 5.69 Å². The maximum Gasteiger partial charge on any atom is 0.253 e. The van der Waals surface area contributed by atoms with E-state index >= 15 is 0 Å². The molecule has 5 nitrogen and oxygen atoms in total. The van der Waals surface area contributed by atoms with Gasteiger partial charge in [0.05, 0.1) is 6.42 Å². The standard InChI is InChI=1S/C21H27N3O2/c1-15-5-7-18(8-6-15)21(26)24-11-9-23(10-12-24)20(25)14-19-13-16(2)22(4)17(19)3/h5-8,13H,9-12,14H2,1-4H3. The predicted octanol–water partition coefficient (Wildman–Crippen LogP) is 2.48. The summed E-state index contributed by atoms with van der Waals surface area (Å²) in [4.78, 5) is 28.9. The summed E-state index contributed by atoms with van der Waals surface area (Å²) in [5.41, 5.74) is 5.25. The van der Waals surface area contributed by atoms with E-state index in [2.05, 4.69) is 17.6 Å². The number of hydrogen-bond donors (Lipinski definition) is 0. The molecule has 26 heavy (non-hydrogen) atoms. The minimum atomic E-state index is 0.0478. The first kappa shape index (κ1) is 18.2. The first-order valence-corrected chi connectivity index (χ1v) is 9.12. The molecule has 0 unspecified atom stereocenters. The molecule has 0 radical (unpaired) electrons. The van der Waals surface area contributed by atoms with Crippen LogP contribution in [0.25, 0.3) is 0 Å². The molecule has 5 heteroatoms. The maximum atomic E-state index is 12.6. The van der Waals surface area contributed by atoms with Crippen LogP contribution < -0.4 is 0 Å². The highest BCUT2D eigenvalue weighted by molar-refractivity contribution is 5.94. The van der Waals surface area contributed by atoms with Crippen LogP contribution in [0.3, 0.4) is 0 Å². The summed E-state index contributed by atoms with van der Waals surface area (Å²) in [6.07, 6.45) is 0.430. The summed E-state index contributed by atoms with van der Waals surface area (Å²) in [7, 11) is 2.02. The van der Waals surface area contributed by atoms with Crippen LogP contribution >= 0.6 is 0 Å². The van der Waals surface area contributed by atoms with E-state index in [-0.39, 0.29) is 11.8 Å². The van der Waals surface area contributed by atoms with Crippen molar-refractivity contribution in [3.8, 4) is 0 Å². The van der Waals surface area contributed by atoms with E-state index in [1.807, 2.05) is 55.0 Å². The van der Waals surface area contributed by atoms with Crippen molar-refractivity contribution < 1.29 is 9.59 Å². The van der Waals surface area contributed by atoms with Gasteiger partial charge in [0.25, 0.3) is 5.91 Å². The predicted molar refractivity (Wildman–Crippen MR) is 102 cm³/mol. The van der Waals surface area contributed by atoms with Gasteiger partial charge in [0.15, 0.2) is 0 Å². The second kappa shape index (κ2) is 7.36. The highest BCUT2D eigenvalue weighted by Crippen LogP contribution is 2.16. The number of aromatic nitrogens is 1. The van der Waals surface area contributed by atoms with E-state index in [0.717, 1.165) is 16.8 Å². The Labute approximate surface area is 155 Å². The Morgan fingerprint density at radius 3 is 2.04 bits per heavy atom. The fraction of sp³-hybridized carbons (Fsp3) is 0.429. The van der Waals surface area contributed by atoms with E-state index < -0.39 is 0 Å². The van der Waals surface area contributed by atoms with E-state index in [1.54, 1.807) is 0 Å². The number of amides is 2. The summed E-state index contributed by atoms with van der Waals surface area (Å²) in [6.45, 7) is 8.48. The maximum absolute atomic E-state index is 12.6. The normalized spacial score (nSPS) is 14.6. The van der Waals surface area contributed by atoms with E-state index in [9.17, 15) is 9.59 Å². The topological polar surface area (TPSA) is 45.6 Å². The molecular weight excluding hydrogens is 326 g/mol. The molecule has 138 valence electrons. The van der Waals surface area contributed by atoms with Crippen molar-refractivity contribution in [2.24, 2.45) is 7.05 Å². The molecule has 2 amide bonds. The molecule has 0 aliphatic carbocycles. The molecule has 3 rings (SSSR count). The highest BCUT2D eigenvalue weighted by Gasteiger charge is 2.25. The van der Waals surface area contributed by atoms with Gasteiger partial charge in [0.1, 0.15) is 0 Å². The molecular formula is C21H27N3O2. The molecule has 0 atom stereocenters. The third kappa shape index (κ3) is 3.66. The molecule has 0 saturated carbocycles. The van der Waals surface area contributed by atoms with Crippen LogP contribution in [0.5, 0.6) is 0 Å². The number of hydrogen-bond acceptors (Lipinski definition) is 2. The van der Waals surface area contributed by atoms with Gasteiger partial charge in [-0.2, -0.15) is 0 Å². The van der Waals surface area contributed by atoms with Crippen molar-refractivity contribution in [2.75, 3.05) is 26.2 Å². The second-order valence-electron chi connectivity index (χ2n) is 7.17. The molecule has 1 saturated heterocycles. The van der Waals surface area contributed by atoms with Crippen molar-refractivity contribution in [1.29, 1.82) is 0 Å². The lowest BCUT2D eigenvalue weighted by atomic mass is 10.1. The van der Waals surface area contributed by atoms with Gasteiger partial charge in [-0.05, 0) is 44.5 Å². The Balaban J connectivity index is 1.57. The summed E-state index contributed by atoms with van der Waals surface area (Å²) >= 11 is 0. The monoisotopic (exact) mass is 353 g/mol. The fourth-order valence-electron chi connectivity index (χ4n) is 3.42. The van der Waals surface area contributed by atoms with E-state index in [4.69, 9.17) is 0 Å². The van der Waals surface area contributed by atoms with Gasteiger partial charge in [-0.25, -0.2) is 0 Å². The van der Waals surface area contributed by atoms with Crippen LogP contribution in [0.2, 0.25) is 0 Å². The van der Waals surface area contributed by atoms with Gasteiger partial charge in [0.2, 0.25) is 5.91 Å². The van der Waals surface area contributed by atoms with Crippen molar-refractivity contribution in [2.45, 2.75) is 27.2 Å². The number of nitrogens with zero attached hydrogens (tertiary/aromatic N) is 3. The first-order chi connectivity index (χ1) is 12.4. The molecule has 1 aromatic carbocycles. The van der Waals surface area contributed by atoms with E-state index in [0.29, 0.717) is 38.2 Å². The van der Waals surface area contributed by atoms with Crippen LogP contribution in [-0.2, 0) is 18.3 Å². The van der Waals surface area contributed by atoms with Gasteiger partial charge in [-0.3, -0.25) is 9.59 Å². The third-order valence-corrected chi connectivity index (χ3v) is 5.44. The fourth-order valence-corrected chi connectivity index (χ4v) is 3.42. The van der Waals surface area contributed by atoms with Crippen LogP contribution in [0.4, 0.5) is 0 Å². The summed E-state index contributed by atoms with van der Waals surface area (Å²) in [5, 5.41) is 0. The number of carbonyl (C=O) groups excluding carboxylic acids is 2. The molecule has 2 heterocycles. The molecule has 1 aliphatic rings. The molecule has 0 N–H and O–H groups in total. The zero-order valence-corrected chi connectivity index (χ0v) is 16.1. The molecule has 2 aromatic rings. The number of aryl methyl sites for hydroxylation is 2. The van der Waals surface area contributed by atoms with Gasteiger partial charge < -0.3 is 14.4 Å². The molecule has 1 fully saturated rings. The van der Waals surface area contributed by atoms with Crippen molar-refractivity contribution in [3.63, 3.8) is 0 Å². The van der Waals surface area contributed by atoms with Crippen LogP contribution in [0.15, 0.2) is 30.3 Å². The number of rotatable bonds is 3.